The molecule has 4 nitrogen and oxygen atoms in total. The molecule has 0 bridgehead atoms. The highest BCUT2D eigenvalue weighted by Crippen LogP contribution is 2.29. The van der Waals surface area contributed by atoms with Crippen LogP contribution in [0.4, 0.5) is 11.5 Å². The number of hydrogen-bond acceptors (Lipinski definition) is 3. The van der Waals surface area contributed by atoms with Crippen LogP contribution in [0.2, 0.25) is 10.0 Å². The van der Waals surface area contributed by atoms with Gasteiger partial charge < -0.3 is 5.32 Å². The highest BCUT2D eigenvalue weighted by molar-refractivity contribution is 6.42. The van der Waals surface area contributed by atoms with Crippen molar-refractivity contribution in [1.82, 2.24) is 14.4 Å². The van der Waals surface area contributed by atoms with E-state index in [0.717, 1.165) is 33.9 Å². The zero-order chi connectivity index (χ0) is 16.0. The number of anilines is 2. The predicted molar refractivity (Wildman–Crippen MR) is 95.0 cm³/mol. The van der Waals surface area contributed by atoms with E-state index in [2.05, 4.69) is 14.7 Å². The summed E-state index contributed by atoms with van der Waals surface area (Å²) in [6, 6.07) is 13.4. The Morgan fingerprint density at radius 3 is 2.65 bits per heavy atom. The summed E-state index contributed by atoms with van der Waals surface area (Å²) < 4.78 is 2.09. The van der Waals surface area contributed by atoms with Crippen molar-refractivity contribution >= 4 is 51.3 Å². The third-order valence-corrected chi connectivity index (χ3v) is 4.46. The first-order valence-corrected chi connectivity index (χ1v) is 7.84. The smallest absolute Gasteiger partial charge is 0.157 e. The second-order valence-electron chi connectivity index (χ2n) is 5.23. The van der Waals surface area contributed by atoms with Crippen molar-refractivity contribution in [3.63, 3.8) is 0 Å². The van der Waals surface area contributed by atoms with Gasteiger partial charge in [0.25, 0.3) is 0 Å². The van der Waals surface area contributed by atoms with Crippen molar-refractivity contribution in [2.75, 3.05) is 5.32 Å². The van der Waals surface area contributed by atoms with Crippen molar-refractivity contribution in [1.29, 1.82) is 0 Å². The third-order valence-electron chi connectivity index (χ3n) is 3.72. The standard InChI is InChI=1S/C17H12Cl2N4/c1-10-20-9-16-17(21-11-6-7-12(18)13(19)8-11)22-14-4-2-3-5-15(14)23(10)16/h2-9H,1H3,(H,21,22). The van der Waals surface area contributed by atoms with E-state index in [0.29, 0.717) is 10.0 Å². The number of para-hydroxylation sites is 2. The summed E-state index contributed by atoms with van der Waals surface area (Å²) in [7, 11) is 0. The van der Waals surface area contributed by atoms with Gasteiger partial charge in [-0.15, -0.1) is 0 Å². The Labute approximate surface area is 142 Å². The van der Waals surface area contributed by atoms with Gasteiger partial charge in [-0.3, -0.25) is 4.40 Å². The Morgan fingerprint density at radius 2 is 1.83 bits per heavy atom. The number of rotatable bonds is 2. The van der Waals surface area contributed by atoms with Gasteiger partial charge in [0, 0.05) is 5.69 Å². The van der Waals surface area contributed by atoms with E-state index in [-0.39, 0.29) is 0 Å². The van der Waals surface area contributed by atoms with Crippen molar-refractivity contribution < 1.29 is 0 Å². The highest BCUT2D eigenvalue weighted by Gasteiger charge is 2.11. The maximum absolute atomic E-state index is 6.09. The number of hydrogen-bond donors (Lipinski definition) is 1. The molecule has 0 spiro atoms. The second-order valence-corrected chi connectivity index (χ2v) is 6.04. The predicted octanol–water partition coefficient (Wildman–Crippen LogP) is 5.24. The number of imidazole rings is 1. The van der Waals surface area contributed by atoms with Crippen LogP contribution in [0.1, 0.15) is 5.82 Å². The number of benzene rings is 2. The Kier molecular flexibility index (Phi) is 3.36. The van der Waals surface area contributed by atoms with Crippen LogP contribution in [0.5, 0.6) is 0 Å². The normalized spacial score (nSPS) is 11.3. The first-order valence-electron chi connectivity index (χ1n) is 7.08. The van der Waals surface area contributed by atoms with E-state index in [1.54, 1.807) is 12.1 Å². The lowest BCUT2D eigenvalue weighted by molar-refractivity contribution is 1.07. The van der Waals surface area contributed by atoms with Crippen LogP contribution in [-0.4, -0.2) is 14.4 Å². The largest absolute Gasteiger partial charge is 0.338 e. The average Bonchev–Trinajstić information content (AvgIpc) is 2.94. The van der Waals surface area contributed by atoms with Gasteiger partial charge in [-0.2, -0.15) is 0 Å². The molecule has 0 saturated heterocycles. The van der Waals surface area contributed by atoms with E-state index in [1.165, 1.54) is 0 Å². The molecular weight excluding hydrogens is 331 g/mol. The molecule has 0 aliphatic heterocycles. The minimum absolute atomic E-state index is 0.498. The molecule has 2 heterocycles. The molecule has 0 atom stereocenters. The van der Waals surface area contributed by atoms with E-state index in [9.17, 15) is 0 Å². The third kappa shape index (κ3) is 2.40. The summed E-state index contributed by atoms with van der Waals surface area (Å²) >= 11 is 12.1. The van der Waals surface area contributed by atoms with Gasteiger partial charge in [0.05, 0.1) is 27.3 Å². The minimum atomic E-state index is 0.498. The van der Waals surface area contributed by atoms with Gasteiger partial charge in [-0.25, -0.2) is 9.97 Å². The zero-order valence-corrected chi connectivity index (χ0v) is 13.7. The monoisotopic (exact) mass is 342 g/mol. The van der Waals surface area contributed by atoms with Gasteiger partial charge in [0.2, 0.25) is 0 Å². The lowest BCUT2D eigenvalue weighted by Crippen LogP contribution is -2.00. The molecule has 2 aromatic heterocycles. The van der Waals surface area contributed by atoms with Gasteiger partial charge in [-0.05, 0) is 37.3 Å². The fourth-order valence-electron chi connectivity index (χ4n) is 2.64. The molecule has 114 valence electrons. The summed E-state index contributed by atoms with van der Waals surface area (Å²) in [5.41, 5.74) is 3.65. The first-order chi connectivity index (χ1) is 11.1. The topological polar surface area (TPSA) is 42.2 Å². The molecule has 0 radical (unpaired) electrons. The summed E-state index contributed by atoms with van der Waals surface area (Å²) in [6.45, 7) is 1.97. The van der Waals surface area contributed by atoms with Crippen LogP contribution in [-0.2, 0) is 0 Å². The molecule has 1 N–H and O–H groups in total. The molecule has 0 unspecified atom stereocenters. The molecule has 4 rings (SSSR count). The zero-order valence-electron chi connectivity index (χ0n) is 12.2. The molecule has 0 saturated carbocycles. The first kappa shape index (κ1) is 14.3. The van der Waals surface area contributed by atoms with Crippen molar-refractivity contribution in [2.24, 2.45) is 0 Å². The molecule has 0 aliphatic rings. The Bertz CT molecular complexity index is 1040. The SMILES string of the molecule is Cc1ncc2c(Nc3ccc(Cl)c(Cl)c3)nc3ccccc3n12. The Morgan fingerprint density at radius 1 is 1.00 bits per heavy atom. The minimum Gasteiger partial charge on any atom is -0.338 e. The lowest BCUT2D eigenvalue weighted by atomic mass is 10.2. The maximum Gasteiger partial charge on any atom is 0.157 e. The molecule has 4 aromatic rings. The summed E-state index contributed by atoms with van der Waals surface area (Å²) in [5.74, 6) is 1.64. The van der Waals surface area contributed by atoms with E-state index in [1.807, 2.05) is 43.5 Å². The second kappa shape index (κ2) is 5.41. The van der Waals surface area contributed by atoms with Crippen molar-refractivity contribution in [2.45, 2.75) is 6.92 Å². The van der Waals surface area contributed by atoms with Gasteiger partial charge in [0.15, 0.2) is 5.82 Å². The van der Waals surface area contributed by atoms with Gasteiger partial charge in [-0.1, -0.05) is 35.3 Å². The van der Waals surface area contributed by atoms with Crippen LogP contribution in [0, 0.1) is 6.92 Å². The van der Waals surface area contributed by atoms with Crippen LogP contribution < -0.4 is 5.32 Å². The van der Waals surface area contributed by atoms with Gasteiger partial charge >= 0.3 is 0 Å². The fourth-order valence-corrected chi connectivity index (χ4v) is 2.94. The summed E-state index contributed by atoms with van der Waals surface area (Å²) in [4.78, 5) is 9.13. The van der Waals surface area contributed by atoms with Crippen molar-refractivity contribution in [3.05, 3.63) is 64.5 Å². The van der Waals surface area contributed by atoms with Crippen LogP contribution in [0.3, 0.4) is 0 Å². The molecular formula is C17H12Cl2N4. The lowest BCUT2D eigenvalue weighted by Gasteiger charge is -2.11. The number of nitrogens with one attached hydrogen (secondary N) is 1. The van der Waals surface area contributed by atoms with Gasteiger partial charge in [0.1, 0.15) is 11.3 Å². The van der Waals surface area contributed by atoms with Crippen LogP contribution in [0.15, 0.2) is 48.7 Å². The fraction of sp³-hybridized carbons (Fsp3) is 0.0588. The van der Waals surface area contributed by atoms with Crippen LogP contribution in [0.25, 0.3) is 16.6 Å². The molecule has 23 heavy (non-hydrogen) atoms. The van der Waals surface area contributed by atoms with E-state index in [4.69, 9.17) is 28.2 Å². The van der Waals surface area contributed by atoms with E-state index < -0.39 is 0 Å². The molecule has 0 aliphatic carbocycles. The quantitative estimate of drug-likeness (QED) is 0.541. The Balaban J connectivity index is 1.93. The maximum atomic E-state index is 6.09. The number of aromatic nitrogens is 3. The summed E-state index contributed by atoms with van der Waals surface area (Å²) in [6.07, 6.45) is 1.81. The number of fused-ring (bicyclic) bond motifs is 3. The number of aryl methyl sites for hydroxylation is 1. The van der Waals surface area contributed by atoms with E-state index >= 15 is 0 Å². The average molecular weight is 343 g/mol. The highest BCUT2D eigenvalue weighted by atomic mass is 35.5. The number of nitrogens with zero attached hydrogens (tertiary/aromatic N) is 3. The van der Waals surface area contributed by atoms with Crippen molar-refractivity contribution in [3.8, 4) is 0 Å². The molecule has 2 aromatic carbocycles. The Hall–Kier alpha value is -2.30. The number of halogens is 2. The molecule has 6 heteroatoms. The molecule has 0 amide bonds. The summed E-state index contributed by atoms with van der Waals surface area (Å²) in [5, 5.41) is 4.33. The van der Waals surface area contributed by atoms with Crippen LogP contribution >= 0.6 is 23.2 Å². The molecule has 0 fully saturated rings.